The molecule has 4 radical (unpaired) electrons. The third kappa shape index (κ3) is 4.62. The van der Waals surface area contributed by atoms with Gasteiger partial charge in [-0.15, -0.1) is 4.48 Å². The third-order valence-corrected chi connectivity index (χ3v) is 4.48. The van der Waals surface area contributed by atoms with Crippen LogP contribution >= 0.6 is 0 Å². The van der Waals surface area contributed by atoms with E-state index in [1.807, 2.05) is 0 Å². The lowest BCUT2D eigenvalue weighted by atomic mass is 9.56. The molecular formula is C17H15B2F2N9O3. The van der Waals surface area contributed by atoms with Crippen LogP contribution in [0.2, 0.25) is 0 Å². The normalized spacial score (nSPS) is 11.7. The molecule has 0 fully saturated rings. The smallest absolute Gasteiger partial charge is 0.368 e. The van der Waals surface area contributed by atoms with Gasteiger partial charge in [0, 0.05) is 13.1 Å². The number of hydrogen-bond acceptors (Lipinski definition) is 10. The fourth-order valence-corrected chi connectivity index (χ4v) is 2.37. The summed E-state index contributed by atoms with van der Waals surface area (Å²) in [7, 11) is 13.0. The van der Waals surface area contributed by atoms with Crippen LogP contribution in [0.3, 0.4) is 0 Å². The van der Waals surface area contributed by atoms with Crippen LogP contribution in [0.5, 0.6) is 5.75 Å². The molecule has 2 aromatic heterocycles. The van der Waals surface area contributed by atoms with E-state index in [4.69, 9.17) is 25.7 Å². The molecule has 3 rings (SSSR count). The van der Waals surface area contributed by atoms with Gasteiger partial charge in [0.05, 0.1) is 22.9 Å². The van der Waals surface area contributed by atoms with E-state index in [-0.39, 0.29) is 28.6 Å². The molecule has 0 saturated carbocycles. The Labute approximate surface area is 187 Å². The molecule has 33 heavy (non-hydrogen) atoms. The van der Waals surface area contributed by atoms with Crippen molar-refractivity contribution in [2.45, 2.75) is 24.8 Å². The molecule has 16 heteroatoms. The zero-order valence-electron chi connectivity index (χ0n) is 17.5. The number of hydrogen-bond donors (Lipinski definition) is 3. The summed E-state index contributed by atoms with van der Waals surface area (Å²) < 4.78 is 34.9. The molecule has 0 amide bonds. The van der Waals surface area contributed by atoms with Crippen LogP contribution < -0.4 is 21.3 Å². The van der Waals surface area contributed by atoms with Crippen LogP contribution in [0.1, 0.15) is 19.4 Å². The Kier molecular flexibility index (Phi) is 6.10. The van der Waals surface area contributed by atoms with Crippen molar-refractivity contribution >= 4 is 33.1 Å². The number of aryl methyl sites for hydroxylation is 1. The second-order valence-electron chi connectivity index (χ2n) is 7.34. The van der Waals surface area contributed by atoms with Gasteiger partial charge in [0.2, 0.25) is 5.95 Å². The minimum atomic E-state index is -2.20. The van der Waals surface area contributed by atoms with Crippen molar-refractivity contribution in [3.05, 3.63) is 40.2 Å². The van der Waals surface area contributed by atoms with Gasteiger partial charge in [-0.2, -0.15) is 19.6 Å². The molecule has 0 saturated heterocycles. The number of tetrazole rings is 1. The van der Waals surface area contributed by atoms with Gasteiger partial charge in [0.15, 0.2) is 11.6 Å². The van der Waals surface area contributed by atoms with Crippen LogP contribution in [-0.4, -0.2) is 61.6 Å². The molecule has 0 atom stereocenters. The summed E-state index contributed by atoms with van der Waals surface area (Å²) in [6.07, 6.45) is 1.02. The fourth-order valence-electron chi connectivity index (χ4n) is 2.37. The van der Waals surface area contributed by atoms with Crippen LogP contribution in [0, 0.1) is 17.1 Å². The number of aromatic nitrogens is 6. The topological polar surface area (TPSA) is 156 Å². The number of benzene rings is 1. The number of ether oxygens (including phenoxy) is 1. The highest BCUT2D eigenvalue weighted by Crippen LogP contribution is 2.33. The molecule has 0 aliphatic heterocycles. The van der Waals surface area contributed by atoms with Crippen molar-refractivity contribution in [3.63, 3.8) is 0 Å². The third-order valence-electron chi connectivity index (χ3n) is 4.48. The summed E-state index contributed by atoms with van der Waals surface area (Å²) >= 11 is 0. The Bertz CT molecular complexity index is 1300. The predicted molar refractivity (Wildman–Crippen MR) is 112 cm³/mol. The Hall–Kier alpha value is -3.99. The maximum Gasteiger partial charge on any atom is 0.368 e. The molecule has 0 unspecified atom stereocenters. The number of nitrogens with zero attached hydrogens (tertiary/aromatic N) is 7. The van der Waals surface area contributed by atoms with Gasteiger partial charge in [0.25, 0.3) is 0 Å². The molecule has 0 aliphatic rings. The second-order valence-corrected chi connectivity index (χ2v) is 7.34. The van der Waals surface area contributed by atoms with Gasteiger partial charge in [-0.05, 0) is 30.3 Å². The number of anilines is 3. The zero-order chi connectivity index (χ0) is 24.6. The van der Waals surface area contributed by atoms with Gasteiger partial charge in [-0.3, -0.25) is 0 Å². The number of aliphatic hydroxyl groups is 1. The fraction of sp³-hybridized carbons (Fsp3) is 0.294. The minimum absolute atomic E-state index is 0.154. The Morgan fingerprint density at radius 2 is 2.00 bits per heavy atom. The highest BCUT2D eigenvalue weighted by atomic mass is 19.2. The molecule has 1 aromatic carbocycles. The van der Waals surface area contributed by atoms with E-state index in [1.54, 1.807) is 6.07 Å². The Morgan fingerprint density at radius 1 is 1.30 bits per heavy atom. The van der Waals surface area contributed by atoms with E-state index in [9.17, 15) is 18.8 Å². The number of halogens is 2. The van der Waals surface area contributed by atoms with Gasteiger partial charge < -0.3 is 15.2 Å². The molecule has 3 N–H and O–H groups in total. The van der Waals surface area contributed by atoms with Crippen molar-refractivity contribution in [2.24, 2.45) is 7.05 Å². The Morgan fingerprint density at radius 3 is 2.55 bits per heavy atom. The van der Waals surface area contributed by atoms with Crippen molar-refractivity contribution in [3.8, 4) is 17.5 Å². The summed E-state index contributed by atoms with van der Waals surface area (Å²) in [6.45, 7) is 2.54. The van der Waals surface area contributed by atoms with Crippen LogP contribution in [-0.2, 0) is 7.05 Å². The van der Waals surface area contributed by atoms with E-state index in [0.717, 1.165) is 27.7 Å². The summed E-state index contributed by atoms with van der Waals surface area (Å²) in [5, 5.41) is 26.7. The van der Waals surface area contributed by atoms with Gasteiger partial charge in [-0.1, -0.05) is 0 Å². The van der Waals surface area contributed by atoms with Gasteiger partial charge in [0.1, 0.15) is 38.8 Å². The van der Waals surface area contributed by atoms with Crippen LogP contribution in [0.15, 0.2) is 23.1 Å². The van der Waals surface area contributed by atoms with E-state index in [0.29, 0.717) is 0 Å². The standard InChI is InChI=1S/C17H15B2F2N9O3/c1-16(2,32)17(18,19)33-12-4-9(20)10(5-11(12)30-15(31)29(3)27-28-30)24-14-23-7-8(6-22)13(25-14)26-21/h4-5,7,32H,1-3H3,(H2,23,24,25,26). The number of nitriles is 1. The zero-order valence-corrected chi connectivity index (χ0v) is 17.5. The highest BCUT2D eigenvalue weighted by Gasteiger charge is 2.37. The molecule has 0 aliphatic carbocycles. The first kappa shape index (κ1) is 23.7. The molecule has 0 spiro atoms. The summed E-state index contributed by atoms with van der Waals surface area (Å²) in [5.41, 5.74) is -1.89. The van der Waals surface area contributed by atoms with Crippen molar-refractivity contribution in [1.82, 2.24) is 29.8 Å². The average Bonchev–Trinajstić information content (AvgIpc) is 3.07. The summed E-state index contributed by atoms with van der Waals surface area (Å²) in [6, 6.07) is 3.60. The maximum absolute atomic E-state index is 14.9. The number of nitrogens with one attached hydrogen (secondary N) is 2. The molecule has 0 bridgehead atoms. The largest absolute Gasteiger partial charge is 0.502 e. The van der Waals surface area contributed by atoms with E-state index < -0.39 is 28.3 Å². The van der Waals surface area contributed by atoms with E-state index in [1.165, 1.54) is 26.4 Å². The second kappa shape index (κ2) is 8.51. The maximum atomic E-state index is 14.9. The van der Waals surface area contributed by atoms with Gasteiger partial charge in [-0.25, -0.2) is 19.7 Å². The van der Waals surface area contributed by atoms with Crippen LogP contribution in [0.4, 0.5) is 26.3 Å². The molecule has 12 nitrogen and oxygen atoms in total. The Balaban J connectivity index is 2.13. The molecular weight excluding hydrogens is 438 g/mol. The van der Waals surface area contributed by atoms with Crippen LogP contribution in [0.25, 0.3) is 5.69 Å². The van der Waals surface area contributed by atoms with Crippen molar-refractivity contribution < 1.29 is 18.7 Å². The monoisotopic (exact) mass is 453 g/mol. The highest BCUT2D eigenvalue weighted by molar-refractivity contribution is 6.40. The lowest BCUT2D eigenvalue weighted by molar-refractivity contribution is -0.0170. The van der Waals surface area contributed by atoms with E-state index in [2.05, 4.69) is 25.7 Å². The SMILES string of the molecule is [B]C([B])(Oc1cc(F)c(Nc2ncc(C#N)c(NF)n2)cc1-n1nnn(C)c1=O)C(C)(C)O. The first-order valence-corrected chi connectivity index (χ1v) is 9.11. The lowest BCUT2D eigenvalue weighted by Gasteiger charge is -2.39. The first-order chi connectivity index (χ1) is 15.4. The van der Waals surface area contributed by atoms with E-state index >= 15 is 0 Å². The number of rotatable bonds is 7. The van der Waals surface area contributed by atoms with Crippen molar-refractivity contribution in [2.75, 3.05) is 10.9 Å². The summed E-state index contributed by atoms with van der Waals surface area (Å²) in [5.74, 6) is -2.01. The molecule has 3 aromatic rings. The van der Waals surface area contributed by atoms with Crippen molar-refractivity contribution in [1.29, 1.82) is 5.26 Å². The first-order valence-electron chi connectivity index (χ1n) is 9.11. The molecule has 2 heterocycles. The lowest BCUT2D eigenvalue weighted by Crippen LogP contribution is -2.56. The quantitative estimate of drug-likeness (QED) is 0.328. The van der Waals surface area contributed by atoms with Gasteiger partial charge >= 0.3 is 5.69 Å². The summed E-state index contributed by atoms with van der Waals surface area (Å²) in [4.78, 5) is 20.0. The average molecular weight is 453 g/mol. The predicted octanol–water partition coefficient (Wildman–Crippen LogP) is -0.0527. The molecule has 166 valence electrons. The minimum Gasteiger partial charge on any atom is -0.502 e.